The van der Waals surface area contributed by atoms with E-state index in [4.69, 9.17) is 0 Å². The van der Waals surface area contributed by atoms with E-state index in [0.717, 1.165) is 42.7 Å². The molecule has 4 rings (SSSR count). The van der Waals surface area contributed by atoms with Gasteiger partial charge in [0.05, 0.1) is 12.0 Å². The number of hydrogen-bond acceptors (Lipinski definition) is 4. The highest BCUT2D eigenvalue weighted by Gasteiger charge is 2.37. The van der Waals surface area contributed by atoms with Crippen LogP contribution in [0.4, 0.5) is 18.9 Å². The van der Waals surface area contributed by atoms with E-state index in [2.05, 4.69) is 5.32 Å². The van der Waals surface area contributed by atoms with Crippen molar-refractivity contribution in [3.05, 3.63) is 74.6 Å². The van der Waals surface area contributed by atoms with Gasteiger partial charge in [-0.25, -0.2) is 0 Å². The summed E-state index contributed by atoms with van der Waals surface area (Å²) in [6.45, 7) is 0. The number of rotatable bonds is 7. The Labute approximate surface area is 198 Å². The standard InChI is InChI=1S/C24H23F3N2O2S2/c25-24(26,27)16-6-3-9-18(14-16)29(21(30)15-19-10-4-12-32-19)22(20-11-5-13-33-20)23(31)28-17-7-1-2-8-17/h3-6,9-14,17,22H,1-2,7-8,15H2,(H,28,31)/t22-/m1/s1. The molecule has 1 atom stereocenters. The fourth-order valence-electron chi connectivity index (χ4n) is 4.09. The Hall–Kier alpha value is -2.65. The summed E-state index contributed by atoms with van der Waals surface area (Å²) in [5, 5.41) is 6.66. The Bertz CT molecular complexity index is 1080. The summed E-state index contributed by atoms with van der Waals surface area (Å²) in [4.78, 5) is 29.6. The number of carbonyl (C=O) groups is 2. The zero-order valence-electron chi connectivity index (χ0n) is 17.7. The molecule has 2 aromatic heterocycles. The molecule has 0 bridgehead atoms. The summed E-state index contributed by atoms with van der Waals surface area (Å²) in [5.74, 6) is -0.807. The van der Waals surface area contributed by atoms with E-state index in [1.54, 1.807) is 23.6 Å². The second-order valence-corrected chi connectivity index (χ2v) is 9.99. The second kappa shape index (κ2) is 10.1. The van der Waals surface area contributed by atoms with Crippen LogP contribution in [0.15, 0.2) is 59.3 Å². The van der Waals surface area contributed by atoms with Crippen LogP contribution < -0.4 is 10.2 Å². The van der Waals surface area contributed by atoms with Gasteiger partial charge >= 0.3 is 6.18 Å². The maximum Gasteiger partial charge on any atom is 0.416 e. The zero-order valence-corrected chi connectivity index (χ0v) is 19.3. The van der Waals surface area contributed by atoms with Crippen molar-refractivity contribution in [1.82, 2.24) is 5.32 Å². The number of halogens is 3. The highest BCUT2D eigenvalue weighted by molar-refractivity contribution is 7.10. The predicted molar refractivity (Wildman–Crippen MR) is 124 cm³/mol. The van der Waals surface area contributed by atoms with Gasteiger partial charge < -0.3 is 5.32 Å². The fraction of sp³-hybridized carbons (Fsp3) is 0.333. The third kappa shape index (κ3) is 5.65. The van der Waals surface area contributed by atoms with Crippen molar-refractivity contribution in [3.8, 4) is 0 Å². The van der Waals surface area contributed by atoms with E-state index in [9.17, 15) is 22.8 Å². The molecule has 0 unspecified atom stereocenters. The molecule has 2 amide bonds. The first-order chi connectivity index (χ1) is 15.8. The molecule has 2 heterocycles. The van der Waals surface area contributed by atoms with E-state index in [1.165, 1.54) is 39.7 Å². The number of hydrogen-bond donors (Lipinski definition) is 1. The molecule has 1 aromatic carbocycles. The summed E-state index contributed by atoms with van der Waals surface area (Å²) in [7, 11) is 0. The van der Waals surface area contributed by atoms with Crippen LogP contribution in [-0.2, 0) is 22.2 Å². The van der Waals surface area contributed by atoms with Crippen molar-refractivity contribution in [2.45, 2.75) is 50.4 Å². The largest absolute Gasteiger partial charge is 0.416 e. The first kappa shape index (κ1) is 23.5. The van der Waals surface area contributed by atoms with Crippen LogP contribution in [0.1, 0.15) is 47.0 Å². The second-order valence-electron chi connectivity index (χ2n) is 7.98. The van der Waals surface area contributed by atoms with E-state index >= 15 is 0 Å². The SMILES string of the molecule is O=C(NC1CCCC1)[C@@H](c1cccs1)N(C(=O)Cc1cccs1)c1cccc(C(F)(F)F)c1. The van der Waals surface area contributed by atoms with E-state index < -0.39 is 23.7 Å². The molecule has 1 saturated carbocycles. The van der Waals surface area contributed by atoms with Gasteiger partial charge in [0.1, 0.15) is 6.04 Å². The summed E-state index contributed by atoms with van der Waals surface area (Å²) in [6.07, 6.45) is -0.826. The highest BCUT2D eigenvalue weighted by Crippen LogP contribution is 2.36. The molecule has 0 spiro atoms. The average molecular weight is 493 g/mol. The van der Waals surface area contributed by atoms with Crippen LogP contribution >= 0.6 is 22.7 Å². The van der Waals surface area contributed by atoms with Crippen LogP contribution in [0.2, 0.25) is 0 Å². The smallest absolute Gasteiger partial charge is 0.351 e. The maximum atomic E-state index is 13.5. The Morgan fingerprint density at radius 3 is 2.39 bits per heavy atom. The van der Waals surface area contributed by atoms with Gasteiger partial charge in [-0.2, -0.15) is 13.2 Å². The molecule has 174 valence electrons. The van der Waals surface area contributed by atoms with Gasteiger partial charge in [-0.05, 0) is 53.9 Å². The molecule has 1 fully saturated rings. The normalized spacial score (nSPS) is 15.4. The lowest BCUT2D eigenvalue weighted by molar-refractivity contribution is -0.137. The van der Waals surface area contributed by atoms with Gasteiger partial charge in [-0.3, -0.25) is 14.5 Å². The van der Waals surface area contributed by atoms with E-state index in [1.807, 2.05) is 11.4 Å². The lowest BCUT2D eigenvalue weighted by Crippen LogP contribution is -2.46. The molecular formula is C24H23F3N2O2S2. The Morgan fingerprint density at radius 2 is 1.76 bits per heavy atom. The summed E-state index contributed by atoms with van der Waals surface area (Å²) < 4.78 is 40.4. The third-order valence-corrected chi connectivity index (χ3v) is 7.45. The van der Waals surface area contributed by atoms with Gasteiger partial charge in [0.15, 0.2) is 0 Å². The number of amides is 2. The maximum absolute atomic E-state index is 13.5. The van der Waals surface area contributed by atoms with Crippen LogP contribution in [0.25, 0.3) is 0 Å². The number of carbonyl (C=O) groups excluding carboxylic acids is 2. The van der Waals surface area contributed by atoms with Crippen molar-refractivity contribution >= 4 is 40.2 Å². The van der Waals surface area contributed by atoms with Gasteiger partial charge in [-0.15, -0.1) is 22.7 Å². The molecule has 4 nitrogen and oxygen atoms in total. The zero-order chi connectivity index (χ0) is 23.4. The minimum Gasteiger partial charge on any atom is -0.351 e. The van der Waals surface area contributed by atoms with Crippen molar-refractivity contribution in [3.63, 3.8) is 0 Å². The molecule has 1 N–H and O–H groups in total. The molecule has 0 saturated heterocycles. The van der Waals surface area contributed by atoms with E-state index in [-0.39, 0.29) is 24.1 Å². The number of thiophene rings is 2. The quantitative estimate of drug-likeness (QED) is 0.427. The minimum absolute atomic E-state index is 0.00744. The lowest BCUT2D eigenvalue weighted by atomic mass is 10.1. The van der Waals surface area contributed by atoms with Gasteiger partial charge in [0, 0.05) is 21.5 Å². The molecule has 33 heavy (non-hydrogen) atoms. The van der Waals surface area contributed by atoms with Crippen molar-refractivity contribution < 1.29 is 22.8 Å². The van der Waals surface area contributed by atoms with Crippen LogP contribution in [0, 0.1) is 0 Å². The molecule has 0 aliphatic heterocycles. The lowest BCUT2D eigenvalue weighted by Gasteiger charge is -2.32. The van der Waals surface area contributed by atoms with Crippen molar-refractivity contribution in [2.75, 3.05) is 4.90 Å². The molecule has 9 heteroatoms. The number of nitrogens with one attached hydrogen (secondary N) is 1. The van der Waals surface area contributed by atoms with Gasteiger partial charge in [-0.1, -0.05) is 31.0 Å². The number of alkyl halides is 3. The summed E-state index contributed by atoms with van der Waals surface area (Å²) >= 11 is 2.69. The van der Waals surface area contributed by atoms with E-state index in [0.29, 0.717) is 4.88 Å². The van der Waals surface area contributed by atoms with Crippen molar-refractivity contribution in [1.29, 1.82) is 0 Å². The Balaban J connectivity index is 1.76. The molecular weight excluding hydrogens is 469 g/mol. The summed E-state index contributed by atoms with van der Waals surface area (Å²) in [6, 6.07) is 10.7. The van der Waals surface area contributed by atoms with Gasteiger partial charge in [0.2, 0.25) is 11.8 Å². The Kier molecular flexibility index (Phi) is 7.19. The summed E-state index contributed by atoms with van der Waals surface area (Å²) in [5.41, 5.74) is -0.818. The first-order valence-corrected chi connectivity index (χ1v) is 12.4. The average Bonchev–Trinajstić information content (AvgIpc) is 3.55. The van der Waals surface area contributed by atoms with Crippen LogP contribution in [-0.4, -0.2) is 17.9 Å². The topological polar surface area (TPSA) is 49.4 Å². The number of anilines is 1. The highest BCUT2D eigenvalue weighted by atomic mass is 32.1. The number of benzene rings is 1. The molecule has 1 aliphatic rings. The van der Waals surface area contributed by atoms with Crippen LogP contribution in [0.3, 0.4) is 0 Å². The molecule has 1 aliphatic carbocycles. The molecule has 0 radical (unpaired) electrons. The Morgan fingerprint density at radius 1 is 1.03 bits per heavy atom. The number of nitrogens with zero attached hydrogens (tertiary/aromatic N) is 1. The van der Waals surface area contributed by atoms with Crippen LogP contribution in [0.5, 0.6) is 0 Å². The van der Waals surface area contributed by atoms with Gasteiger partial charge in [0.25, 0.3) is 0 Å². The molecule has 3 aromatic rings. The predicted octanol–water partition coefficient (Wildman–Crippen LogP) is 6.20. The monoisotopic (exact) mass is 492 g/mol. The third-order valence-electron chi connectivity index (χ3n) is 5.65. The first-order valence-electron chi connectivity index (χ1n) is 10.7. The fourth-order valence-corrected chi connectivity index (χ4v) is 5.60. The minimum atomic E-state index is -4.57. The van der Waals surface area contributed by atoms with Crippen molar-refractivity contribution in [2.24, 2.45) is 0 Å².